The molecule has 0 heterocycles. The Morgan fingerprint density at radius 1 is 1.13 bits per heavy atom. The molecule has 1 amide bonds. The van der Waals surface area contributed by atoms with Gasteiger partial charge in [-0.1, -0.05) is 52.3 Å². The first-order valence-corrected chi connectivity index (χ1v) is 11.1. The minimum atomic E-state index is -0.920. The second-order valence-corrected chi connectivity index (χ2v) is 10.3. The van der Waals surface area contributed by atoms with Crippen LogP contribution in [-0.2, 0) is 21.8 Å². The van der Waals surface area contributed by atoms with Gasteiger partial charge in [-0.2, -0.15) is 11.8 Å². The Morgan fingerprint density at radius 2 is 1.83 bits per heavy atom. The summed E-state index contributed by atoms with van der Waals surface area (Å²) in [4.78, 5) is 23.4. The van der Waals surface area contributed by atoms with Crippen LogP contribution in [0.4, 0.5) is 5.69 Å². The molecule has 0 aromatic heterocycles. The van der Waals surface area contributed by atoms with Crippen LogP contribution < -0.4 is 10.1 Å². The molecule has 2 aromatic rings. The van der Waals surface area contributed by atoms with Crippen molar-refractivity contribution in [1.29, 1.82) is 0 Å². The lowest BCUT2D eigenvalue weighted by Crippen LogP contribution is -2.27. The van der Waals surface area contributed by atoms with Crippen molar-refractivity contribution in [3.63, 3.8) is 0 Å². The topological polar surface area (TPSA) is 75.6 Å². The molecule has 0 atom stereocenters. The highest BCUT2D eigenvalue weighted by Crippen LogP contribution is 2.35. The quantitative estimate of drug-likeness (QED) is 0.488. The molecule has 2 rings (SSSR count). The number of anilines is 1. The monoisotopic (exact) mass is 449 g/mol. The summed E-state index contributed by atoms with van der Waals surface area (Å²) in [6.45, 7) is 9.82. The number of rotatable bonds is 8. The van der Waals surface area contributed by atoms with Gasteiger partial charge < -0.3 is 15.2 Å². The first-order valence-electron chi connectivity index (χ1n) is 9.69. The van der Waals surface area contributed by atoms with E-state index in [4.69, 9.17) is 21.4 Å². The van der Waals surface area contributed by atoms with Crippen molar-refractivity contribution in [2.45, 2.75) is 52.0 Å². The summed E-state index contributed by atoms with van der Waals surface area (Å²) in [5.41, 5.74) is 1.72. The number of carboxylic acid groups (broad SMARTS) is 1. The number of halogens is 1. The summed E-state index contributed by atoms with van der Waals surface area (Å²) in [7, 11) is 0. The second-order valence-electron chi connectivity index (χ2n) is 8.32. The summed E-state index contributed by atoms with van der Waals surface area (Å²) in [6.07, 6.45) is -0.110. The van der Waals surface area contributed by atoms with Crippen molar-refractivity contribution in [3.05, 3.63) is 52.5 Å². The van der Waals surface area contributed by atoms with Gasteiger partial charge in [0.15, 0.2) is 0 Å². The number of hydrogen-bond acceptors (Lipinski definition) is 4. The molecular weight excluding hydrogens is 422 g/mol. The highest BCUT2D eigenvalue weighted by molar-refractivity contribution is 7.99. The van der Waals surface area contributed by atoms with E-state index in [9.17, 15) is 9.59 Å². The average molecular weight is 450 g/mol. The number of carbonyl (C=O) groups is 2. The van der Waals surface area contributed by atoms with Crippen LogP contribution in [0.3, 0.4) is 0 Å². The zero-order valence-electron chi connectivity index (χ0n) is 17.9. The van der Waals surface area contributed by atoms with Gasteiger partial charge in [-0.25, -0.2) is 0 Å². The van der Waals surface area contributed by atoms with E-state index in [2.05, 4.69) is 19.2 Å². The van der Waals surface area contributed by atoms with Gasteiger partial charge in [0.25, 0.3) is 0 Å². The predicted molar refractivity (Wildman–Crippen MR) is 124 cm³/mol. The van der Waals surface area contributed by atoms with Gasteiger partial charge in [0.1, 0.15) is 11.5 Å². The molecule has 0 saturated heterocycles. The highest BCUT2D eigenvalue weighted by atomic mass is 35.5. The smallest absolute Gasteiger partial charge is 0.307 e. The molecule has 0 fully saturated rings. The first-order chi connectivity index (χ1) is 14.0. The number of carboxylic acids is 1. The number of ether oxygens (including phenoxy) is 1. The largest absolute Gasteiger partial charge is 0.481 e. The Kier molecular flexibility index (Phi) is 8.21. The second kappa shape index (κ2) is 10.2. The number of thioether (sulfide) groups is 1. The minimum absolute atomic E-state index is 0.0666. The third-order valence-corrected chi connectivity index (χ3v) is 5.60. The van der Waals surface area contributed by atoms with Crippen molar-refractivity contribution >= 4 is 40.9 Å². The lowest BCUT2D eigenvalue weighted by molar-refractivity contribution is -0.136. The van der Waals surface area contributed by atoms with Crippen LogP contribution in [0.25, 0.3) is 0 Å². The highest BCUT2D eigenvalue weighted by Gasteiger charge is 2.21. The first kappa shape index (κ1) is 24.1. The maximum absolute atomic E-state index is 12.3. The Morgan fingerprint density at radius 3 is 2.43 bits per heavy atom. The molecule has 0 aliphatic carbocycles. The fraction of sp³-hybridized carbons (Fsp3) is 0.391. The summed E-state index contributed by atoms with van der Waals surface area (Å²) >= 11 is 8.03. The molecule has 7 heteroatoms. The van der Waals surface area contributed by atoms with Crippen LogP contribution in [0, 0.1) is 5.41 Å². The van der Waals surface area contributed by atoms with Gasteiger partial charge in [0.2, 0.25) is 5.91 Å². The Balaban J connectivity index is 2.34. The molecule has 0 spiro atoms. The van der Waals surface area contributed by atoms with E-state index in [0.717, 1.165) is 5.56 Å². The molecule has 0 aliphatic heterocycles. The van der Waals surface area contributed by atoms with E-state index in [1.807, 2.05) is 26.8 Å². The lowest BCUT2D eigenvalue weighted by Gasteiger charge is -2.19. The molecule has 0 radical (unpaired) electrons. The van der Waals surface area contributed by atoms with Gasteiger partial charge in [0.05, 0.1) is 11.4 Å². The van der Waals surface area contributed by atoms with Crippen molar-refractivity contribution in [2.24, 2.45) is 5.41 Å². The molecule has 2 aromatic carbocycles. The van der Waals surface area contributed by atoms with E-state index in [0.29, 0.717) is 38.8 Å². The fourth-order valence-corrected chi connectivity index (χ4v) is 3.37. The van der Waals surface area contributed by atoms with E-state index < -0.39 is 11.4 Å². The molecule has 2 N–H and O–H groups in total. The van der Waals surface area contributed by atoms with Crippen LogP contribution in [0.5, 0.6) is 11.5 Å². The van der Waals surface area contributed by atoms with Crippen LogP contribution >= 0.6 is 23.4 Å². The zero-order valence-corrected chi connectivity index (χ0v) is 19.5. The number of hydrogen-bond donors (Lipinski definition) is 2. The standard InChI is InChI=1S/C23H28ClNO4S/c1-14(2)30-13-16-12-17(25-22(28)23(3,4)5)7-9-19(16)29-20-10-15(11-21(26)27)6-8-18(20)24/h6-10,12,14H,11,13H2,1-5H3,(H,25,28)(H,26,27). The van der Waals surface area contributed by atoms with Crippen molar-refractivity contribution in [3.8, 4) is 11.5 Å². The van der Waals surface area contributed by atoms with Crippen LogP contribution in [0.1, 0.15) is 45.7 Å². The normalized spacial score (nSPS) is 11.4. The minimum Gasteiger partial charge on any atom is -0.481 e. The molecular formula is C23H28ClNO4S. The van der Waals surface area contributed by atoms with Crippen molar-refractivity contribution in [2.75, 3.05) is 5.32 Å². The molecule has 30 heavy (non-hydrogen) atoms. The van der Waals surface area contributed by atoms with Crippen LogP contribution in [0.2, 0.25) is 5.02 Å². The summed E-state index contributed by atoms with van der Waals surface area (Å²) in [5, 5.41) is 12.8. The molecule has 162 valence electrons. The summed E-state index contributed by atoms with van der Waals surface area (Å²) in [5.74, 6) is 0.724. The van der Waals surface area contributed by atoms with Crippen LogP contribution in [0.15, 0.2) is 36.4 Å². The predicted octanol–water partition coefficient (Wildman–Crippen LogP) is 6.39. The van der Waals surface area contributed by atoms with Gasteiger partial charge in [-0.3, -0.25) is 9.59 Å². The van der Waals surface area contributed by atoms with Gasteiger partial charge in [-0.05, 0) is 41.1 Å². The summed E-state index contributed by atoms with van der Waals surface area (Å²) < 4.78 is 6.07. The SMILES string of the molecule is CC(C)SCc1cc(NC(=O)C(C)(C)C)ccc1Oc1cc(CC(=O)O)ccc1Cl. The third-order valence-electron chi connectivity index (χ3n) is 4.14. The summed E-state index contributed by atoms with van der Waals surface area (Å²) in [6, 6.07) is 10.4. The van der Waals surface area contributed by atoms with Gasteiger partial charge in [-0.15, -0.1) is 0 Å². The van der Waals surface area contributed by atoms with Crippen molar-refractivity contribution in [1.82, 2.24) is 0 Å². The number of amides is 1. The maximum Gasteiger partial charge on any atom is 0.307 e. The third kappa shape index (κ3) is 7.26. The van der Waals surface area contributed by atoms with Crippen LogP contribution in [-0.4, -0.2) is 22.2 Å². The number of nitrogens with one attached hydrogen (secondary N) is 1. The van der Waals surface area contributed by atoms with E-state index >= 15 is 0 Å². The molecule has 0 aliphatic rings. The zero-order chi connectivity index (χ0) is 22.5. The average Bonchev–Trinajstić information content (AvgIpc) is 2.63. The number of benzene rings is 2. The van der Waals surface area contributed by atoms with E-state index in [1.54, 1.807) is 42.1 Å². The molecule has 0 unspecified atom stereocenters. The maximum atomic E-state index is 12.3. The molecule has 0 saturated carbocycles. The van der Waals surface area contributed by atoms with Gasteiger partial charge in [0, 0.05) is 22.4 Å². The Bertz CT molecular complexity index is 922. The lowest BCUT2D eigenvalue weighted by atomic mass is 9.95. The fourth-order valence-electron chi connectivity index (χ4n) is 2.47. The van der Waals surface area contributed by atoms with Crippen molar-refractivity contribution < 1.29 is 19.4 Å². The molecule has 5 nitrogen and oxygen atoms in total. The Hall–Kier alpha value is -2.18. The van der Waals surface area contributed by atoms with E-state index in [-0.39, 0.29) is 12.3 Å². The number of aliphatic carboxylic acids is 1. The molecule has 0 bridgehead atoms. The van der Waals surface area contributed by atoms with E-state index in [1.165, 1.54) is 0 Å². The number of carbonyl (C=O) groups excluding carboxylic acids is 1. The van der Waals surface area contributed by atoms with Gasteiger partial charge >= 0.3 is 5.97 Å². The Labute approximate surface area is 187 Å².